The van der Waals surface area contributed by atoms with Gasteiger partial charge in [-0.25, -0.2) is 0 Å². The highest BCUT2D eigenvalue weighted by Crippen LogP contribution is 2.34. The molecule has 0 spiro atoms. The van der Waals surface area contributed by atoms with Gasteiger partial charge in [-0.1, -0.05) is 6.07 Å². The number of fused-ring (bicyclic) bond motifs is 1. The molecule has 1 aromatic rings. The van der Waals surface area contributed by atoms with Crippen LogP contribution in [0.15, 0.2) is 18.2 Å². The van der Waals surface area contributed by atoms with Crippen molar-refractivity contribution in [2.75, 3.05) is 23.9 Å². The van der Waals surface area contributed by atoms with E-state index in [1.54, 1.807) is 12.1 Å². The lowest BCUT2D eigenvalue weighted by molar-refractivity contribution is -0.123. The molecule has 1 aliphatic heterocycles. The average Bonchev–Trinajstić information content (AvgIpc) is 2.63. The van der Waals surface area contributed by atoms with Gasteiger partial charge in [0.05, 0.1) is 12.1 Å². The van der Waals surface area contributed by atoms with E-state index in [9.17, 15) is 15.0 Å². The van der Waals surface area contributed by atoms with E-state index >= 15 is 0 Å². The second kappa shape index (κ2) is 4.26. The maximum Gasteiger partial charge on any atom is 0.257 e. The molecule has 1 unspecified atom stereocenters. The van der Waals surface area contributed by atoms with Gasteiger partial charge >= 0.3 is 0 Å². The number of carbonyl (C=O) groups excluding carboxylic acids is 1. The van der Waals surface area contributed by atoms with Crippen molar-refractivity contribution in [1.29, 1.82) is 0 Å². The molecular weight excluding hydrogens is 232 g/mol. The molecule has 1 aromatic carbocycles. The monoisotopic (exact) mass is 250 g/mol. The van der Waals surface area contributed by atoms with Crippen molar-refractivity contribution in [3.63, 3.8) is 0 Å². The number of amides is 1. The third-order valence-corrected chi connectivity index (χ3v) is 3.52. The fourth-order valence-electron chi connectivity index (χ4n) is 1.90. The second-order valence-electron chi connectivity index (χ2n) is 5.19. The van der Waals surface area contributed by atoms with Crippen LogP contribution in [0.4, 0.5) is 11.4 Å². The maximum absolute atomic E-state index is 11.4. The summed E-state index contributed by atoms with van der Waals surface area (Å²) in [5.74, 6) is -0.397. The first-order chi connectivity index (χ1) is 8.36. The van der Waals surface area contributed by atoms with Crippen LogP contribution >= 0.6 is 0 Å². The van der Waals surface area contributed by atoms with Crippen LogP contribution in [0.25, 0.3) is 0 Å². The van der Waals surface area contributed by atoms with Gasteiger partial charge in [-0.05, 0) is 26.0 Å². The van der Waals surface area contributed by atoms with E-state index in [1.165, 1.54) is 0 Å². The van der Waals surface area contributed by atoms with Crippen molar-refractivity contribution in [2.24, 2.45) is 0 Å². The molecule has 2 rings (SSSR count). The lowest BCUT2D eigenvalue weighted by Gasteiger charge is -2.36. The van der Waals surface area contributed by atoms with E-state index in [0.717, 1.165) is 5.69 Å². The number of hydrogen-bond donors (Lipinski definition) is 3. The zero-order chi connectivity index (χ0) is 13.5. The predicted octanol–water partition coefficient (Wildman–Crippen LogP) is 0.879. The molecule has 0 saturated heterocycles. The maximum atomic E-state index is 11.4. The van der Waals surface area contributed by atoms with Crippen LogP contribution in [0.1, 0.15) is 25.5 Å². The quantitative estimate of drug-likeness (QED) is 0.744. The van der Waals surface area contributed by atoms with Gasteiger partial charge < -0.3 is 20.4 Å². The normalized spacial score (nSPS) is 18.5. The molecule has 98 valence electrons. The van der Waals surface area contributed by atoms with Gasteiger partial charge in [0.2, 0.25) is 0 Å². The van der Waals surface area contributed by atoms with E-state index in [1.807, 2.05) is 31.9 Å². The van der Waals surface area contributed by atoms with Crippen molar-refractivity contribution in [3.8, 4) is 0 Å². The van der Waals surface area contributed by atoms with Crippen LogP contribution in [0.3, 0.4) is 0 Å². The van der Waals surface area contributed by atoms with Crippen molar-refractivity contribution < 1.29 is 15.0 Å². The number of rotatable bonds is 3. The van der Waals surface area contributed by atoms with Crippen LogP contribution in [-0.2, 0) is 4.79 Å². The van der Waals surface area contributed by atoms with Crippen LogP contribution in [-0.4, -0.2) is 35.3 Å². The van der Waals surface area contributed by atoms with Gasteiger partial charge in [-0.3, -0.25) is 4.79 Å². The lowest BCUT2D eigenvalue weighted by atomic mass is 10.0. The average molecular weight is 250 g/mol. The Morgan fingerprint density at radius 3 is 2.72 bits per heavy atom. The highest BCUT2D eigenvalue weighted by molar-refractivity contribution is 6.02. The molecule has 1 atom stereocenters. The van der Waals surface area contributed by atoms with E-state index in [-0.39, 0.29) is 6.61 Å². The molecule has 1 aliphatic rings. The Kier molecular flexibility index (Phi) is 3.04. The second-order valence-corrected chi connectivity index (χ2v) is 5.19. The minimum Gasteiger partial charge on any atom is -0.394 e. The number of likely N-dealkylation sites (N-methyl/N-ethyl adjacent to an activating group) is 1. The summed E-state index contributed by atoms with van der Waals surface area (Å²) in [6.07, 6.45) is -1.08. The number of carbonyl (C=O) groups is 1. The van der Waals surface area contributed by atoms with Gasteiger partial charge in [0.1, 0.15) is 0 Å². The molecule has 0 radical (unpaired) electrons. The Morgan fingerprint density at radius 1 is 1.44 bits per heavy atom. The fraction of sp³-hybridized carbons (Fsp3) is 0.462. The SMILES string of the molecule is CN(c1ccc2c(c1)NC(=O)C2O)C(C)(C)CO. The molecule has 5 heteroatoms. The topological polar surface area (TPSA) is 72.8 Å². The van der Waals surface area contributed by atoms with Gasteiger partial charge in [0.25, 0.3) is 5.91 Å². The first-order valence-electron chi connectivity index (χ1n) is 5.84. The van der Waals surface area contributed by atoms with Crippen molar-refractivity contribution in [1.82, 2.24) is 0 Å². The fourth-order valence-corrected chi connectivity index (χ4v) is 1.90. The number of nitrogens with one attached hydrogen (secondary N) is 1. The van der Waals surface area contributed by atoms with Crippen molar-refractivity contribution in [3.05, 3.63) is 23.8 Å². The van der Waals surface area contributed by atoms with Gasteiger partial charge in [0.15, 0.2) is 6.10 Å². The van der Waals surface area contributed by atoms with E-state index < -0.39 is 17.6 Å². The smallest absolute Gasteiger partial charge is 0.257 e. The number of benzene rings is 1. The molecule has 0 saturated carbocycles. The van der Waals surface area contributed by atoms with Gasteiger partial charge in [-0.15, -0.1) is 0 Å². The van der Waals surface area contributed by atoms with Crippen molar-refractivity contribution >= 4 is 17.3 Å². The Bertz CT molecular complexity index is 485. The summed E-state index contributed by atoms with van der Waals surface area (Å²) < 4.78 is 0. The largest absolute Gasteiger partial charge is 0.394 e. The molecule has 5 nitrogen and oxygen atoms in total. The first-order valence-corrected chi connectivity index (χ1v) is 5.84. The zero-order valence-electron chi connectivity index (χ0n) is 10.8. The lowest BCUT2D eigenvalue weighted by Crippen LogP contribution is -2.44. The predicted molar refractivity (Wildman–Crippen MR) is 69.6 cm³/mol. The third kappa shape index (κ3) is 1.95. The molecule has 3 N–H and O–H groups in total. The first kappa shape index (κ1) is 12.9. The van der Waals surface area contributed by atoms with Crippen LogP contribution in [0.2, 0.25) is 0 Å². The standard InChI is InChI=1S/C13H18N2O3/c1-13(2,7-16)15(3)8-4-5-9-10(6-8)14-12(18)11(9)17/h4-6,11,16-17H,7H2,1-3H3,(H,14,18). The Morgan fingerprint density at radius 2 is 2.11 bits per heavy atom. The summed E-state index contributed by atoms with van der Waals surface area (Å²) in [6.45, 7) is 3.87. The van der Waals surface area contributed by atoms with Gasteiger partial charge in [-0.2, -0.15) is 0 Å². The summed E-state index contributed by atoms with van der Waals surface area (Å²) in [4.78, 5) is 13.3. The summed E-state index contributed by atoms with van der Waals surface area (Å²) in [7, 11) is 1.88. The highest BCUT2D eigenvalue weighted by Gasteiger charge is 2.30. The van der Waals surface area contributed by atoms with E-state index in [4.69, 9.17) is 0 Å². The summed E-state index contributed by atoms with van der Waals surface area (Å²) >= 11 is 0. The minimum atomic E-state index is -1.08. The Labute approximate surface area is 106 Å². The number of anilines is 2. The van der Waals surface area contributed by atoms with E-state index in [0.29, 0.717) is 11.3 Å². The molecule has 0 bridgehead atoms. The molecule has 0 fully saturated rings. The molecule has 0 aromatic heterocycles. The molecule has 0 aliphatic carbocycles. The summed E-state index contributed by atoms with van der Waals surface area (Å²) in [5, 5.41) is 21.6. The van der Waals surface area contributed by atoms with Crippen LogP contribution in [0, 0.1) is 0 Å². The van der Waals surface area contributed by atoms with Gasteiger partial charge in [0, 0.05) is 24.0 Å². The molecule has 1 amide bonds. The number of hydrogen-bond acceptors (Lipinski definition) is 4. The number of nitrogens with zero attached hydrogens (tertiary/aromatic N) is 1. The molecule has 18 heavy (non-hydrogen) atoms. The van der Waals surface area contributed by atoms with Crippen LogP contribution in [0.5, 0.6) is 0 Å². The number of aliphatic hydroxyl groups excluding tert-OH is 2. The number of aliphatic hydroxyl groups is 2. The Balaban J connectivity index is 2.34. The van der Waals surface area contributed by atoms with Crippen LogP contribution < -0.4 is 10.2 Å². The molecule has 1 heterocycles. The van der Waals surface area contributed by atoms with E-state index in [2.05, 4.69) is 5.32 Å². The summed E-state index contributed by atoms with van der Waals surface area (Å²) in [5.41, 5.74) is 1.71. The highest BCUT2D eigenvalue weighted by atomic mass is 16.3. The van der Waals surface area contributed by atoms with Crippen molar-refractivity contribution in [2.45, 2.75) is 25.5 Å². The third-order valence-electron chi connectivity index (χ3n) is 3.52. The summed E-state index contributed by atoms with van der Waals surface area (Å²) in [6, 6.07) is 5.37. The Hall–Kier alpha value is -1.59. The minimum absolute atomic E-state index is 0.0234. The zero-order valence-corrected chi connectivity index (χ0v) is 10.8. The molecular formula is C13H18N2O3.